The van der Waals surface area contributed by atoms with Gasteiger partial charge in [0, 0.05) is 17.4 Å². The minimum atomic E-state index is -0.897. The minimum absolute atomic E-state index is 0.0205. The van der Waals surface area contributed by atoms with Gasteiger partial charge in [-0.3, -0.25) is 4.79 Å². The van der Waals surface area contributed by atoms with Crippen molar-refractivity contribution in [2.75, 3.05) is 0 Å². The van der Waals surface area contributed by atoms with E-state index in [1.54, 1.807) is 5.38 Å². The van der Waals surface area contributed by atoms with E-state index in [1.165, 1.54) is 24.3 Å². The molecule has 1 heterocycles. The molecule has 2 rings (SSSR count). The Balaban J connectivity index is 2.30. The Labute approximate surface area is 101 Å². The van der Waals surface area contributed by atoms with E-state index in [2.05, 4.69) is 4.98 Å². The monoisotopic (exact) mass is 253 g/mol. The lowest BCUT2D eigenvalue weighted by Crippen LogP contribution is -1.96. The Hall–Kier alpha value is -1.62. The molecule has 0 radical (unpaired) electrons. The number of aromatic nitrogens is 1. The van der Waals surface area contributed by atoms with Gasteiger partial charge in [-0.1, -0.05) is 0 Å². The number of hydrogen-bond acceptors (Lipinski definition) is 3. The number of rotatable bonds is 3. The van der Waals surface area contributed by atoms with Crippen LogP contribution in [0.4, 0.5) is 8.78 Å². The molecule has 0 fully saturated rings. The van der Waals surface area contributed by atoms with Gasteiger partial charge in [-0.15, -0.1) is 11.3 Å². The summed E-state index contributed by atoms with van der Waals surface area (Å²) in [6, 6.07) is 3.64. The first kappa shape index (κ1) is 11.9. The molecule has 17 heavy (non-hydrogen) atoms. The lowest BCUT2D eigenvalue weighted by atomic mass is 10.2. The molecule has 2 aromatic rings. The zero-order chi connectivity index (χ0) is 12.4. The third kappa shape index (κ3) is 2.74. The van der Waals surface area contributed by atoms with Crippen LogP contribution in [0.1, 0.15) is 12.6 Å². The molecule has 0 aliphatic heterocycles. The van der Waals surface area contributed by atoms with Gasteiger partial charge in [0.2, 0.25) is 0 Å². The van der Waals surface area contributed by atoms with Gasteiger partial charge in [0.05, 0.1) is 5.69 Å². The Morgan fingerprint density at radius 2 is 2.12 bits per heavy atom. The van der Waals surface area contributed by atoms with Crippen molar-refractivity contribution in [3.05, 3.63) is 40.9 Å². The molecule has 0 unspecified atom stereocenters. The van der Waals surface area contributed by atoms with Gasteiger partial charge in [-0.2, -0.15) is 0 Å². The summed E-state index contributed by atoms with van der Waals surface area (Å²) in [6.07, 6.45) is 0.264. The highest BCUT2D eigenvalue weighted by Crippen LogP contribution is 2.25. The molecule has 0 aliphatic rings. The van der Waals surface area contributed by atoms with Crippen LogP contribution in [0.5, 0.6) is 0 Å². The van der Waals surface area contributed by atoms with Crippen LogP contribution < -0.4 is 0 Å². The second-order valence-corrected chi connectivity index (χ2v) is 4.51. The van der Waals surface area contributed by atoms with E-state index in [0.717, 1.165) is 12.1 Å². The summed E-state index contributed by atoms with van der Waals surface area (Å²) in [5, 5.41) is 2.33. The maximum Gasteiger partial charge on any atom is 0.159 e. The predicted octanol–water partition coefficient (Wildman–Crippen LogP) is 3.22. The molecule has 1 aromatic carbocycles. The first-order chi connectivity index (χ1) is 8.06. The van der Waals surface area contributed by atoms with Crippen LogP contribution in [-0.4, -0.2) is 10.8 Å². The zero-order valence-electron chi connectivity index (χ0n) is 9.04. The van der Waals surface area contributed by atoms with E-state index in [9.17, 15) is 13.6 Å². The Bertz CT molecular complexity index is 565. The van der Waals surface area contributed by atoms with Crippen LogP contribution >= 0.6 is 11.3 Å². The summed E-state index contributed by atoms with van der Waals surface area (Å²) in [7, 11) is 0. The summed E-state index contributed by atoms with van der Waals surface area (Å²) in [5.41, 5.74) is 1.17. The Morgan fingerprint density at radius 1 is 1.35 bits per heavy atom. The van der Waals surface area contributed by atoms with Crippen LogP contribution in [-0.2, 0) is 11.2 Å². The van der Waals surface area contributed by atoms with E-state index < -0.39 is 11.6 Å². The van der Waals surface area contributed by atoms with Gasteiger partial charge in [0.1, 0.15) is 10.8 Å². The van der Waals surface area contributed by atoms with Crippen LogP contribution in [0.15, 0.2) is 23.6 Å². The van der Waals surface area contributed by atoms with Crippen molar-refractivity contribution in [1.82, 2.24) is 4.98 Å². The van der Waals surface area contributed by atoms with E-state index in [0.29, 0.717) is 16.3 Å². The third-order valence-corrected chi connectivity index (χ3v) is 3.09. The summed E-state index contributed by atoms with van der Waals surface area (Å²) in [4.78, 5) is 15.1. The first-order valence-corrected chi connectivity index (χ1v) is 5.83. The normalized spacial score (nSPS) is 10.5. The molecule has 0 bridgehead atoms. The second kappa shape index (κ2) is 4.71. The summed E-state index contributed by atoms with van der Waals surface area (Å²) in [5.74, 6) is -1.76. The topological polar surface area (TPSA) is 30.0 Å². The van der Waals surface area contributed by atoms with Gasteiger partial charge in [0.25, 0.3) is 0 Å². The maximum absolute atomic E-state index is 13.0. The maximum atomic E-state index is 13.0. The van der Waals surface area contributed by atoms with Crippen molar-refractivity contribution in [3.63, 3.8) is 0 Å². The predicted molar refractivity (Wildman–Crippen MR) is 61.9 cm³/mol. The molecule has 1 aromatic heterocycles. The van der Waals surface area contributed by atoms with Crippen molar-refractivity contribution < 1.29 is 13.6 Å². The SMILES string of the molecule is CC(=O)Cc1csc(-c2ccc(F)c(F)c2)n1. The number of thiazole rings is 1. The number of Topliss-reactive ketones (excluding diaryl/α,β-unsaturated/α-hetero) is 1. The smallest absolute Gasteiger partial charge is 0.159 e. The van der Waals surface area contributed by atoms with Crippen molar-refractivity contribution in [3.8, 4) is 10.6 Å². The quantitative estimate of drug-likeness (QED) is 0.840. The molecule has 5 heteroatoms. The average Bonchev–Trinajstić information content (AvgIpc) is 2.69. The van der Waals surface area contributed by atoms with Crippen LogP contribution in [0.2, 0.25) is 0 Å². The van der Waals surface area contributed by atoms with Crippen molar-refractivity contribution in [2.24, 2.45) is 0 Å². The van der Waals surface area contributed by atoms with Crippen LogP contribution in [0.25, 0.3) is 10.6 Å². The molecular weight excluding hydrogens is 244 g/mol. The summed E-state index contributed by atoms with van der Waals surface area (Å²) in [6.45, 7) is 1.48. The van der Waals surface area contributed by atoms with Crippen LogP contribution in [0, 0.1) is 11.6 Å². The van der Waals surface area contributed by atoms with Gasteiger partial charge >= 0.3 is 0 Å². The molecule has 0 saturated carbocycles. The van der Waals surface area contributed by atoms with E-state index >= 15 is 0 Å². The number of hydrogen-bond donors (Lipinski definition) is 0. The minimum Gasteiger partial charge on any atom is -0.300 e. The molecule has 0 N–H and O–H groups in total. The molecule has 2 nitrogen and oxygen atoms in total. The fourth-order valence-corrected chi connectivity index (χ4v) is 2.22. The van der Waals surface area contributed by atoms with Crippen molar-refractivity contribution in [2.45, 2.75) is 13.3 Å². The third-order valence-electron chi connectivity index (χ3n) is 2.15. The van der Waals surface area contributed by atoms with Crippen molar-refractivity contribution >= 4 is 17.1 Å². The average molecular weight is 253 g/mol. The fourth-order valence-electron chi connectivity index (χ4n) is 1.40. The van der Waals surface area contributed by atoms with Gasteiger partial charge in [-0.05, 0) is 25.1 Å². The molecule has 0 saturated heterocycles. The highest BCUT2D eigenvalue weighted by molar-refractivity contribution is 7.13. The largest absolute Gasteiger partial charge is 0.300 e. The van der Waals surface area contributed by atoms with Crippen molar-refractivity contribution in [1.29, 1.82) is 0 Å². The Morgan fingerprint density at radius 3 is 2.76 bits per heavy atom. The number of ketones is 1. The number of carbonyl (C=O) groups excluding carboxylic acids is 1. The molecule has 0 spiro atoms. The molecule has 0 amide bonds. The molecule has 88 valence electrons. The Kier molecular flexibility index (Phi) is 3.28. The highest BCUT2D eigenvalue weighted by atomic mass is 32.1. The summed E-state index contributed by atoms with van der Waals surface area (Å²) < 4.78 is 25.8. The van der Waals surface area contributed by atoms with E-state index in [4.69, 9.17) is 0 Å². The molecule has 0 atom stereocenters. The lowest BCUT2D eigenvalue weighted by Gasteiger charge is -1.97. The van der Waals surface area contributed by atoms with E-state index in [1.807, 2.05) is 0 Å². The van der Waals surface area contributed by atoms with Gasteiger partial charge < -0.3 is 0 Å². The number of carbonyl (C=O) groups is 1. The molecular formula is C12H9F2NOS. The van der Waals surface area contributed by atoms with Gasteiger partial charge in [-0.25, -0.2) is 13.8 Å². The summed E-state index contributed by atoms with van der Waals surface area (Å²) >= 11 is 1.31. The first-order valence-electron chi connectivity index (χ1n) is 4.95. The zero-order valence-corrected chi connectivity index (χ0v) is 9.85. The number of halogens is 2. The second-order valence-electron chi connectivity index (χ2n) is 3.65. The van der Waals surface area contributed by atoms with Gasteiger partial charge in [0.15, 0.2) is 11.6 Å². The molecule has 0 aliphatic carbocycles. The lowest BCUT2D eigenvalue weighted by molar-refractivity contribution is -0.116. The number of benzene rings is 1. The fraction of sp³-hybridized carbons (Fsp3) is 0.167. The highest BCUT2D eigenvalue weighted by Gasteiger charge is 2.09. The number of nitrogens with zero attached hydrogens (tertiary/aromatic N) is 1. The van der Waals surface area contributed by atoms with Crippen LogP contribution in [0.3, 0.4) is 0 Å². The standard InChI is InChI=1S/C12H9F2NOS/c1-7(16)4-9-6-17-12(15-9)8-2-3-10(13)11(14)5-8/h2-3,5-6H,4H2,1H3. The van der Waals surface area contributed by atoms with E-state index in [-0.39, 0.29) is 12.2 Å².